The first-order valence-corrected chi connectivity index (χ1v) is 8.84. The number of nitrogens with zero attached hydrogens (tertiary/aromatic N) is 3. The van der Waals surface area contributed by atoms with Crippen molar-refractivity contribution in [2.75, 3.05) is 0 Å². The van der Waals surface area contributed by atoms with Gasteiger partial charge in [-0.05, 0) is 36.8 Å². The molecule has 3 rings (SSSR count). The van der Waals surface area contributed by atoms with E-state index in [0.29, 0.717) is 23.1 Å². The van der Waals surface area contributed by atoms with E-state index in [2.05, 4.69) is 9.97 Å². The zero-order valence-corrected chi connectivity index (χ0v) is 15.9. The third-order valence-corrected chi connectivity index (χ3v) is 3.80. The highest BCUT2D eigenvalue weighted by atomic mass is 35.5. The molecule has 0 bridgehead atoms. The monoisotopic (exact) mass is 371 g/mol. The van der Waals surface area contributed by atoms with Gasteiger partial charge in [0.25, 0.3) is 5.56 Å². The van der Waals surface area contributed by atoms with Crippen LogP contribution >= 0.6 is 11.6 Å². The summed E-state index contributed by atoms with van der Waals surface area (Å²) >= 11 is 5.89. The Labute approximate surface area is 158 Å². The van der Waals surface area contributed by atoms with Crippen molar-refractivity contribution in [2.45, 2.75) is 33.9 Å². The lowest BCUT2D eigenvalue weighted by Gasteiger charge is -2.12. The number of halogens is 1. The number of aryl methyl sites for hydroxylation is 1. The van der Waals surface area contributed by atoms with Gasteiger partial charge in [-0.2, -0.15) is 0 Å². The minimum absolute atomic E-state index is 0.117. The van der Waals surface area contributed by atoms with Gasteiger partial charge in [0.15, 0.2) is 5.82 Å². The summed E-state index contributed by atoms with van der Waals surface area (Å²) in [4.78, 5) is 20.5. The van der Waals surface area contributed by atoms with Gasteiger partial charge in [0, 0.05) is 29.2 Å². The molecular weight excluding hydrogens is 350 g/mol. The summed E-state index contributed by atoms with van der Waals surface area (Å²) in [6, 6.07) is 12.5. The summed E-state index contributed by atoms with van der Waals surface area (Å²) in [5, 5.41) is 0.676. The summed E-state index contributed by atoms with van der Waals surface area (Å²) in [5.74, 6) is 1.08. The first-order valence-electron chi connectivity index (χ1n) is 8.46. The van der Waals surface area contributed by atoms with Gasteiger partial charge >= 0.3 is 0 Å². The molecule has 0 N–H and O–H groups in total. The largest absolute Gasteiger partial charge is 0.485 e. The van der Waals surface area contributed by atoms with Gasteiger partial charge in [-0.1, -0.05) is 37.6 Å². The van der Waals surface area contributed by atoms with Crippen LogP contribution < -0.4 is 10.3 Å². The molecule has 0 aliphatic heterocycles. The molecule has 0 atom stereocenters. The predicted octanol–water partition coefficient (Wildman–Crippen LogP) is 4.25. The Hall–Kier alpha value is -2.66. The molecule has 0 unspecified atom stereocenters. The van der Waals surface area contributed by atoms with Crippen molar-refractivity contribution in [3.05, 3.63) is 87.3 Å². The molecule has 6 heteroatoms. The van der Waals surface area contributed by atoms with Crippen molar-refractivity contribution in [3.63, 3.8) is 0 Å². The van der Waals surface area contributed by atoms with Crippen LogP contribution in [0.2, 0.25) is 5.02 Å². The van der Waals surface area contributed by atoms with Gasteiger partial charge in [-0.3, -0.25) is 4.79 Å². The number of ether oxygens (including phenoxy) is 1. The molecule has 2 aromatic heterocycles. The number of rotatable bonds is 5. The highest BCUT2D eigenvalue weighted by Crippen LogP contribution is 2.14. The third kappa shape index (κ3) is 5.43. The van der Waals surface area contributed by atoms with Crippen LogP contribution in [0.1, 0.15) is 30.9 Å². The molecule has 0 radical (unpaired) electrons. The van der Waals surface area contributed by atoms with Gasteiger partial charge < -0.3 is 9.30 Å². The maximum absolute atomic E-state index is 12.4. The van der Waals surface area contributed by atoms with Crippen LogP contribution in [0.25, 0.3) is 0 Å². The van der Waals surface area contributed by atoms with Gasteiger partial charge in [0.2, 0.25) is 0 Å². The zero-order chi connectivity index (χ0) is 18.9. The molecule has 1 aromatic carbocycles. The van der Waals surface area contributed by atoms with Crippen molar-refractivity contribution < 1.29 is 4.74 Å². The number of hydrogen-bond acceptors (Lipinski definition) is 4. The summed E-state index contributed by atoms with van der Waals surface area (Å²) in [6.45, 7) is 6.59. The van der Waals surface area contributed by atoms with E-state index >= 15 is 0 Å². The quantitative estimate of drug-likeness (QED) is 0.672. The van der Waals surface area contributed by atoms with Crippen molar-refractivity contribution in [1.82, 2.24) is 14.5 Å². The van der Waals surface area contributed by atoms with Crippen LogP contribution in [0.4, 0.5) is 0 Å². The smallest absolute Gasteiger partial charge is 0.254 e. The Balaban J connectivity index is 0.00000117. The molecule has 3 aromatic rings. The summed E-state index contributed by atoms with van der Waals surface area (Å²) in [5.41, 5.74) is 1.71. The van der Waals surface area contributed by atoms with Crippen LogP contribution in [0.5, 0.6) is 5.75 Å². The molecular formula is C20H22ClN3O2. The van der Waals surface area contributed by atoms with E-state index in [-0.39, 0.29) is 12.2 Å². The second kappa shape index (κ2) is 9.73. The van der Waals surface area contributed by atoms with Gasteiger partial charge in [-0.15, -0.1) is 0 Å². The zero-order valence-electron chi connectivity index (χ0n) is 15.1. The average Bonchev–Trinajstić information content (AvgIpc) is 2.67. The molecule has 0 amide bonds. The average molecular weight is 372 g/mol. The van der Waals surface area contributed by atoms with Crippen LogP contribution in [0.3, 0.4) is 0 Å². The van der Waals surface area contributed by atoms with Gasteiger partial charge in [0.05, 0.1) is 6.54 Å². The van der Waals surface area contributed by atoms with E-state index in [1.54, 1.807) is 23.0 Å². The molecule has 5 nitrogen and oxygen atoms in total. The standard InChI is InChI=1S/C18H16ClN3O2.C2H6/c1-13-9-16(24-12-17-20-7-2-8-21-17)10-18(23)22(13)11-14-3-5-15(19)6-4-14;1-2/h2-10H,11-12H2,1H3;1-2H3. The molecule has 0 saturated heterocycles. The molecule has 0 spiro atoms. The van der Waals surface area contributed by atoms with E-state index < -0.39 is 0 Å². The van der Waals surface area contributed by atoms with Crippen molar-refractivity contribution in [2.24, 2.45) is 0 Å². The van der Waals surface area contributed by atoms with Crippen molar-refractivity contribution in [1.29, 1.82) is 0 Å². The highest BCUT2D eigenvalue weighted by Gasteiger charge is 2.06. The van der Waals surface area contributed by atoms with E-state index in [1.165, 1.54) is 6.07 Å². The normalized spacial score (nSPS) is 10.0. The fourth-order valence-electron chi connectivity index (χ4n) is 2.31. The highest BCUT2D eigenvalue weighted by molar-refractivity contribution is 6.30. The van der Waals surface area contributed by atoms with Gasteiger partial charge in [0.1, 0.15) is 12.4 Å². The molecule has 26 heavy (non-hydrogen) atoms. The lowest BCUT2D eigenvalue weighted by molar-refractivity contribution is 0.294. The molecule has 136 valence electrons. The first-order chi connectivity index (χ1) is 12.6. The fourth-order valence-corrected chi connectivity index (χ4v) is 2.44. The third-order valence-electron chi connectivity index (χ3n) is 3.55. The molecule has 0 aliphatic carbocycles. The topological polar surface area (TPSA) is 57.0 Å². The Bertz CT molecular complexity index is 878. The van der Waals surface area contributed by atoms with Crippen molar-refractivity contribution in [3.8, 4) is 5.75 Å². The van der Waals surface area contributed by atoms with E-state index in [4.69, 9.17) is 16.3 Å². The first kappa shape index (κ1) is 19.7. The second-order valence-electron chi connectivity index (χ2n) is 5.34. The van der Waals surface area contributed by atoms with E-state index in [9.17, 15) is 4.79 Å². The summed E-state index contributed by atoms with van der Waals surface area (Å²) in [7, 11) is 0. The molecule has 0 fully saturated rings. The lowest BCUT2D eigenvalue weighted by Crippen LogP contribution is -2.22. The van der Waals surface area contributed by atoms with Crippen LogP contribution in [0.15, 0.2) is 59.7 Å². The minimum atomic E-state index is -0.117. The Morgan fingerprint density at radius 2 is 1.73 bits per heavy atom. The maximum Gasteiger partial charge on any atom is 0.254 e. The number of aromatic nitrogens is 3. The maximum atomic E-state index is 12.4. The molecule has 0 aliphatic rings. The molecule has 2 heterocycles. The minimum Gasteiger partial charge on any atom is -0.485 e. The second-order valence-corrected chi connectivity index (χ2v) is 5.77. The van der Waals surface area contributed by atoms with Crippen molar-refractivity contribution >= 4 is 11.6 Å². The Kier molecular flexibility index (Phi) is 7.36. The van der Waals surface area contributed by atoms with Crippen LogP contribution in [0, 0.1) is 6.92 Å². The lowest BCUT2D eigenvalue weighted by atomic mass is 10.2. The summed E-state index contributed by atoms with van der Waals surface area (Å²) in [6.07, 6.45) is 3.31. The van der Waals surface area contributed by atoms with E-state index in [0.717, 1.165) is 11.3 Å². The van der Waals surface area contributed by atoms with Crippen LogP contribution in [-0.4, -0.2) is 14.5 Å². The van der Waals surface area contributed by atoms with E-state index in [1.807, 2.05) is 51.1 Å². The fraction of sp³-hybridized carbons (Fsp3) is 0.250. The number of benzene rings is 1. The van der Waals surface area contributed by atoms with Gasteiger partial charge in [-0.25, -0.2) is 9.97 Å². The molecule has 0 saturated carbocycles. The van der Waals surface area contributed by atoms with Crippen LogP contribution in [-0.2, 0) is 13.2 Å². The Morgan fingerprint density at radius 3 is 2.35 bits per heavy atom. The SMILES string of the molecule is CC.Cc1cc(OCc2ncccn2)cc(=O)n1Cc1ccc(Cl)cc1. The summed E-state index contributed by atoms with van der Waals surface area (Å²) < 4.78 is 7.31. The predicted molar refractivity (Wildman–Crippen MR) is 104 cm³/mol. The number of pyridine rings is 1. The Morgan fingerprint density at radius 1 is 1.08 bits per heavy atom. The number of hydrogen-bond donors (Lipinski definition) is 0.